The second-order valence-corrected chi connectivity index (χ2v) is 5.49. The third kappa shape index (κ3) is 2.16. The van der Waals surface area contributed by atoms with Gasteiger partial charge in [-0.05, 0) is 37.1 Å². The first kappa shape index (κ1) is 12.7. The van der Waals surface area contributed by atoms with E-state index in [-0.39, 0.29) is 5.91 Å². The van der Waals surface area contributed by atoms with Gasteiger partial charge in [0, 0.05) is 22.8 Å². The molecule has 0 bridgehead atoms. The maximum atomic E-state index is 12.5. The highest BCUT2D eigenvalue weighted by Crippen LogP contribution is 2.36. The largest absolute Gasteiger partial charge is 0.361 e. The highest BCUT2D eigenvalue weighted by molar-refractivity contribution is 5.98. The van der Waals surface area contributed by atoms with E-state index in [4.69, 9.17) is 0 Å². The van der Waals surface area contributed by atoms with E-state index in [9.17, 15) is 10.1 Å². The molecule has 4 nitrogen and oxygen atoms in total. The van der Waals surface area contributed by atoms with Gasteiger partial charge in [0.15, 0.2) is 0 Å². The molecule has 2 aromatic rings. The smallest absolute Gasteiger partial charge is 0.244 e. The minimum atomic E-state index is -0.842. The minimum absolute atomic E-state index is 0.158. The van der Waals surface area contributed by atoms with Gasteiger partial charge in [0.05, 0.1) is 6.07 Å². The van der Waals surface area contributed by atoms with Gasteiger partial charge in [0.1, 0.15) is 5.41 Å². The van der Waals surface area contributed by atoms with Crippen LogP contribution in [-0.4, -0.2) is 10.9 Å². The molecule has 0 unspecified atom stereocenters. The topological polar surface area (TPSA) is 68.7 Å². The van der Waals surface area contributed by atoms with Crippen molar-refractivity contribution in [1.82, 2.24) is 4.98 Å². The minimum Gasteiger partial charge on any atom is -0.361 e. The summed E-state index contributed by atoms with van der Waals surface area (Å²) in [5.74, 6) is -0.158. The molecule has 3 rings (SSSR count). The van der Waals surface area contributed by atoms with Crippen molar-refractivity contribution in [1.29, 1.82) is 5.26 Å². The molecule has 1 saturated carbocycles. The number of anilines is 1. The highest BCUT2D eigenvalue weighted by Gasteiger charge is 2.39. The number of aromatic nitrogens is 1. The molecule has 0 aliphatic heterocycles. The number of carbonyl (C=O) groups is 1. The van der Waals surface area contributed by atoms with Crippen LogP contribution in [0, 0.1) is 16.7 Å². The zero-order chi connectivity index (χ0) is 14.0. The second kappa shape index (κ2) is 5.01. The summed E-state index contributed by atoms with van der Waals surface area (Å²) in [4.78, 5) is 15.6. The number of nitriles is 1. The van der Waals surface area contributed by atoms with Crippen LogP contribution < -0.4 is 5.32 Å². The fourth-order valence-corrected chi connectivity index (χ4v) is 2.93. The molecular weight excluding hydrogens is 250 g/mol. The van der Waals surface area contributed by atoms with Crippen molar-refractivity contribution >= 4 is 22.5 Å². The molecule has 1 fully saturated rings. The Labute approximate surface area is 117 Å². The van der Waals surface area contributed by atoms with E-state index in [1.807, 2.05) is 30.5 Å². The predicted molar refractivity (Wildman–Crippen MR) is 78.1 cm³/mol. The molecule has 1 aromatic carbocycles. The molecular formula is C16H17N3O. The number of hydrogen-bond donors (Lipinski definition) is 2. The Kier molecular flexibility index (Phi) is 3.19. The van der Waals surface area contributed by atoms with Gasteiger partial charge < -0.3 is 10.3 Å². The van der Waals surface area contributed by atoms with E-state index < -0.39 is 5.41 Å². The number of benzene rings is 1. The molecule has 1 aliphatic carbocycles. The first-order chi connectivity index (χ1) is 9.73. The number of nitrogens with one attached hydrogen (secondary N) is 2. The first-order valence-corrected chi connectivity index (χ1v) is 7.03. The summed E-state index contributed by atoms with van der Waals surface area (Å²) in [6.45, 7) is 0. The molecule has 20 heavy (non-hydrogen) atoms. The van der Waals surface area contributed by atoms with Crippen LogP contribution in [0.5, 0.6) is 0 Å². The van der Waals surface area contributed by atoms with Gasteiger partial charge in [0.25, 0.3) is 0 Å². The third-order valence-electron chi connectivity index (χ3n) is 4.17. The molecule has 0 spiro atoms. The molecule has 102 valence electrons. The summed E-state index contributed by atoms with van der Waals surface area (Å²) >= 11 is 0. The summed E-state index contributed by atoms with van der Waals surface area (Å²) < 4.78 is 0. The Hall–Kier alpha value is -2.28. The number of aromatic amines is 1. The fourth-order valence-electron chi connectivity index (χ4n) is 2.93. The number of H-pyrrole nitrogens is 1. The van der Waals surface area contributed by atoms with Crippen LogP contribution in [0.25, 0.3) is 10.9 Å². The van der Waals surface area contributed by atoms with Crippen molar-refractivity contribution in [3.63, 3.8) is 0 Å². The fraction of sp³-hybridized carbons (Fsp3) is 0.375. The zero-order valence-electron chi connectivity index (χ0n) is 11.3. The molecule has 0 atom stereocenters. The van der Waals surface area contributed by atoms with Crippen molar-refractivity contribution in [3.05, 3.63) is 30.5 Å². The molecule has 1 aromatic heterocycles. The lowest BCUT2D eigenvalue weighted by atomic mass is 9.74. The Morgan fingerprint density at radius 2 is 2.05 bits per heavy atom. The average molecular weight is 267 g/mol. The quantitative estimate of drug-likeness (QED) is 0.873. The van der Waals surface area contributed by atoms with E-state index in [1.54, 1.807) is 0 Å². The SMILES string of the molecule is N#CC1(C(=O)Nc2ccc3[nH]ccc3c2)CCCCC1. The summed E-state index contributed by atoms with van der Waals surface area (Å²) in [6.07, 6.45) is 6.24. The van der Waals surface area contributed by atoms with Crippen LogP contribution in [0.3, 0.4) is 0 Å². The van der Waals surface area contributed by atoms with Gasteiger partial charge in [-0.3, -0.25) is 4.79 Å². The van der Waals surface area contributed by atoms with Gasteiger partial charge in [-0.15, -0.1) is 0 Å². The molecule has 4 heteroatoms. The Morgan fingerprint density at radius 3 is 2.80 bits per heavy atom. The van der Waals surface area contributed by atoms with E-state index >= 15 is 0 Å². The van der Waals surface area contributed by atoms with Gasteiger partial charge in [-0.1, -0.05) is 19.3 Å². The van der Waals surface area contributed by atoms with E-state index in [0.29, 0.717) is 12.8 Å². The average Bonchev–Trinajstić information content (AvgIpc) is 2.95. The predicted octanol–water partition coefficient (Wildman–Crippen LogP) is 3.58. The van der Waals surface area contributed by atoms with Crippen LogP contribution in [0.4, 0.5) is 5.69 Å². The normalized spacial score (nSPS) is 17.6. The maximum absolute atomic E-state index is 12.5. The lowest BCUT2D eigenvalue weighted by Gasteiger charge is -2.29. The van der Waals surface area contributed by atoms with Crippen molar-refractivity contribution in [2.45, 2.75) is 32.1 Å². The van der Waals surface area contributed by atoms with Crippen LogP contribution in [0.15, 0.2) is 30.5 Å². The number of nitrogens with zero attached hydrogens (tertiary/aromatic N) is 1. The van der Waals surface area contributed by atoms with E-state index in [1.165, 1.54) is 0 Å². The standard InChI is InChI=1S/C16H17N3O/c17-11-16(7-2-1-3-8-16)15(20)19-13-4-5-14-12(10-13)6-9-18-14/h4-6,9-10,18H,1-3,7-8H2,(H,19,20). The van der Waals surface area contributed by atoms with Crippen LogP contribution >= 0.6 is 0 Å². The molecule has 2 N–H and O–H groups in total. The van der Waals surface area contributed by atoms with E-state index in [2.05, 4.69) is 16.4 Å². The third-order valence-corrected chi connectivity index (χ3v) is 4.17. The van der Waals surface area contributed by atoms with Crippen molar-refractivity contribution < 1.29 is 4.79 Å². The Bertz CT molecular complexity index is 674. The molecule has 1 heterocycles. The first-order valence-electron chi connectivity index (χ1n) is 7.03. The summed E-state index contributed by atoms with van der Waals surface area (Å²) in [6, 6.07) is 9.94. The number of rotatable bonds is 2. The number of amides is 1. The molecule has 1 amide bonds. The molecule has 0 radical (unpaired) electrons. The monoisotopic (exact) mass is 267 g/mol. The maximum Gasteiger partial charge on any atom is 0.244 e. The van der Waals surface area contributed by atoms with Crippen LogP contribution in [0.2, 0.25) is 0 Å². The molecule has 1 aliphatic rings. The van der Waals surface area contributed by atoms with Crippen LogP contribution in [-0.2, 0) is 4.79 Å². The van der Waals surface area contributed by atoms with Gasteiger partial charge in [-0.25, -0.2) is 0 Å². The van der Waals surface area contributed by atoms with E-state index in [0.717, 1.165) is 35.9 Å². The van der Waals surface area contributed by atoms with Crippen molar-refractivity contribution in [3.8, 4) is 6.07 Å². The summed E-state index contributed by atoms with van der Waals surface area (Å²) in [5.41, 5.74) is 0.948. The van der Waals surface area contributed by atoms with Crippen molar-refractivity contribution in [2.75, 3.05) is 5.32 Å². The van der Waals surface area contributed by atoms with Gasteiger partial charge in [-0.2, -0.15) is 5.26 Å². The highest BCUT2D eigenvalue weighted by atomic mass is 16.2. The lowest BCUT2D eigenvalue weighted by molar-refractivity contribution is -0.124. The molecule has 0 saturated heterocycles. The second-order valence-electron chi connectivity index (χ2n) is 5.49. The summed E-state index contributed by atoms with van der Waals surface area (Å²) in [5, 5.41) is 13.4. The number of carbonyl (C=O) groups excluding carboxylic acids is 1. The number of fused-ring (bicyclic) bond motifs is 1. The summed E-state index contributed by atoms with van der Waals surface area (Å²) in [7, 11) is 0. The number of hydrogen-bond acceptors (Lipinski definition) is 2. The van der Waals surface area contributed by atoms with Gasteiger partial charge >= 0.3 is 0 Å². The lowest BCUT2D eigenvalue weighted by Crippen LogP contribution is -2.36. The van der Waals surface area contributed by atoms with Crippen molar-refractivity contribution in [2.24, 2.45) is 5.41 Å². The zero-order valence-corrected chi connectivity index (χ0v) is 11.3. The Morgan fingerprint density at radius 1 is 1.25 bits per heavy atom. The van der Waals surface area contributed by atoms with Crippen LogP contribution in [0.1, 0.15) is 32.1 Å². The van der Waals surface area contributed by atoms with Gasteiger partial charge in [0.2, 0.25) is 5.91 Å². The Balaban J connectivity index is 1.82.